The van der Waals surface area contributed by atoms with Crippen LogP contribution in [0.1, 0.15) is 51.9 Å². The van der Waals surface area contributed by atoms with Gasteiger partial charge in [0, 0.05) is 11.5 Å². The third-order valence-corrected chi connectivity index (χ3v) is 3.97. The summed E-state index contributed by atoms with van der Waals surface area (Å²) in [6.07, 6.45) is 15.9. The van der Waals surface area contributed by atoms with E-state index in [1.54, 1.807) is 0 Å². The zero-order chi connectivity index (χ0) is 12.1. The van der Waals surface area contributed by atoms with Crippen LogP contribution in [0.25, 0.3) is 0 Å². The highest BCUT2D eigenvalue weighted by Gasteiger charge is 2.35. The van der Waals surface area contributed by atoms with Crippen molar-refractivity contribution in [3.63, 3.8) is 0 Å². The largest absolute Gasteiger partial charge is 0.490 e. The molecule has 0 aromatic heterocycles. The van der Waals surface area contributed by atoms with Crippen LogP contribution >= 0.6 is 0 Å². The van der Waals surface area contributed by atoms with Gasteiger partial charge in [0.25, 0.3) is 0 Å². The van der Waals surface area contributed by atoms with Gasteiger partial charge in [-0.3, -0.25) is 0 Å². The quantitative estimate of drug-likeness (QED) is 0.633. The molecular formula is C16H24O. The van der Waals surface area contributed by atoms with Crippen LogP contribution in [0.3, 0.4) is 0 Å². The van der Waals surface area contributed by atoms with E-state index in [-0.39, 0.29) is 0 Å². The van der Waals surface area contributed by atoms with Crippen molar-refractivity contribution in [1.29, 1.82) is 0 Å². The number of hydrogen-bond acceptors (Lipinski definition) is 1. The third kappa shape index (κ3) is 2.83. The summed E-state index contributed by atoms with van der Waals surface area (Å²) in [4.78, 5) is 0. The summed E-state index contributed by atoms with van der Waals surface area (Å²) in [5.41, 5.74) is 1.38. The van der Waals surface area contributed by atoms with Gasteiger partial charge < -0.3 is 4.74 Å². The van der Waals surface area contributed by atoms with E-state index < -0.39 is 0 Å². The van der Waals surface area contributed by atoms with Crippen molar-refractivity contribution in [2.75, 3.05) is 0 Å². The van der Waals surface area contributed by atoms with E-state index in [0.717, 1.165) is 5.76 Å². The van der Waals surface area contributed by atoms with Crippen molar-refractivity contribution in [1.82, 2.24) is 0 Å². The molecule has 0 bridgehead atoms. The molecule has 1 nitrogen and oxygen atoms in total. The lowest BCUT2D eigenvalue weighted by molar-refractivity contribution is 0.117. The maximum absolute atomic E-state index is 6.12. The molecule has 1 heteroatoms. The molecular weight excluding hydrogens is 208 g/mol. The summed E-state index contributed by atoms with van der Waals surface area (Å²) in [6, 6.07) is 0. The first kappa shape index (κ1) is 12.5. The van der Waals surface area contributed by atoms with Gasteiger partial charge in [0.05, 0.1) is 0 Å². The van der Waals surface area contributed by atoms with Crippen LogP contribution in [-0.2, 0) is 4.74 Å². The van der Waals surface area contributed by atoms with Gasteiger partial charge in [-0.15, -0.1) is 0 Å². The second kappa shape index (κ2) is 6.09. The Morgan fingerprint density at radius 1 is 1.12 bits per heavy atom. The molecule has 1 saturated carbocycles. The van der Waals surface area contributed by atoms with E-state index in [1.165, 1.54) is 50.5 Å². The van der Waals surface area contributed by atoms with Crippen LogP contribution in [0.2, 0.25) is 0 Å². The van der Waals surface area contributed by atoms with Gasteiger partial charge >= 0.3 is 0 Å². The standard InChI is InChI=1S/C16H24O/c1-3-10-13-14-11-8-6-5-7-9-12-16(14)17-15(13)4-2/h3-4,10,14,16H,1,5-9,11-12H2,2H3/b13-10?,15-4+. The molecule has 1 aliphatic carbocycles. The summed E-state index contributed by atoms with van der Waals surface area (Å²) in [5, 5.41) is 0. The van der Waals surface area contributed by atoms with E-state index >= 15 is 0 Å². The average Bonchev–Trinajstić information content (AvgIpc) is 2.70. The molecule has 2 fully saturated rings. The van der Waals surface area contributed by atoms with Crippen molar-refractivity contribution in [3.05, 3.63) is 36.1 Å². The lowest BCUT2D eigenvalue weighted by Gasteiger charge is -2.16. The summed E-state index contributed by atoms with van der Waals surface area (Å²) in [5.74, 6) is 1.71. The molecule has 0 radical (unpaired) electrons. The minimum atomic E-state index is 0.422. The van der Waals surface area contributed by atoms with Crippen LogP contribution in [0.5, 0.6) is 0 Å². The van der Waals surface area contributed by atoms with E-state index in [9.17, 15) is 0 Å². The Hall–Kier alpha value is -0.980. The Morgan fingerprint density at radius 2 is 1.82 bits per heavy atom. The van der Waals surface area contributed by atoms with Crippen LogP contribution < -0.4 is 0 Å². The lowest BCUT2D eigenvalue weighted by atomic mass is 9.88. The van der Waals surface area contributed by atoms with Gasteiger partial charge in [0.2, 0.25) is 0 Å². The molecule has 2 rings (SSSR count). The molecule has 0 amide bonds. The zero-order valence-electron chi connectivity index (χ0n) is 11.0. The van der Waals surface area contributed by atoms with Gasteiger partial charge in [0.1, 0.15) is 11.9 Å². The highest BCUT2D eigenvalue weighted by molar-refractivity contribution is 5.35. The van der Waals surface area contributed by atoms with Crippen molar-refractivity contribution >= 4 is 0 Å². The van der Waals surface area contributed by atoms with Crippen LogP contribution in [0.4, 0.5) is 0 Å². The molecule has 1 saturated heterocycles. The molecule has 0 aromatic carbocycles. The van der Waals surface area contributed by atoms with E-state index in [2.05, 4.69) is 25.7 Å². The van der Waals surface area contributed by atoms with Crippen molar-refractivity contribution < 1.29 is 4.74 Å². The number of rotatable bonds is 1. The van der Waals surface area contributed by atoms with Gasteiger partial charge in [-0.05, 0) is 32.3 Å². The summed E-state index contributed by atoms with van der Waals surface area (Å²) < 4.78 is 6.12. The minimum Gasteiger partial charge on any atom is -0.490 e. The van der Waals surface area contributed by atoms with E-state index in [4.69, 9.17) is 4.74 Å². The number of hydrogen-bond donors (Lipinski definition) is 0. The molecule has 94 valence electrons. The Kier molecular flexibility index (Phi) is 4.47. The second-order valence-corrected chi connectivity index (χ2v) is 5.12. The van der Waals surface area contributed by atoms with Crippen LogP contribution in [0.15, 0.2) is 36.1 Å². The topological polar surface area (TPSA) is 9.23 Å². The lowest BCUT2D eigenvalue weighted by Crippen LogP contribution is -2.16. The third-order valence-electron chi connectivity index (χ3n) is 3.97. The molecule has 2 atom stereocenters. The Balaban J connectivity index is 2.19. The van der Waals surface area contributed by atoms with Crippen LogP contribution in [0, 0.1) is 5.92 Å². The Morgan fingerprint density at radius 3 is 2.53 bits per heavy atom. The highest BCUT2D eigenvalue weighted by Crippen LogP contribution is 2.41. The predicted molar refractivity (Wildman–Crippen MR) is 72.7 cm³/mol. The fourth-order valence-corrected chi connectivity index (χ4v) is 3.11. The molecule has 1 heterocycles. The minimum absolute atomic E-state index is 0.422. The fraction of sp³-hybridized carbons (Fsp3) is 0.625. The molecule has 2 unspecified atom stereocenters. The van der Waals surface area contributed by atoms with Gasteiger partial charge in [-0.2, -0.15) is 0 Å². The first-order chi connectivity index (χ1) is 8.36. The molecule has 0 aromatic rings. The van der Waals surface area contributed by atoms with Crippen LogP contribution in [-0.4, -0.2) is 6.10 Å². The maximum Gasteiger partial charge on any atom is 0.119 e. The molecule has 0 N–H and O–H groups in total. The van der Waals surface area contributed by atoms with Gasteiger partial charge in [-0.1, -0.05) is 44.4 Å². The smallest absolute Gasteiger partial charge is 0.119 e. The molecule has 0 spiro atoms. The van der Waals surface area contributed by atoms with E-state index in [0.29, 0.717) is 12.0 Å². The van der Waals surface area contributed by atoms with Gasteiger partial charge in [0.15, 0.2) is 0 Å². The monoisotopic (exact) mass is 232 g/mol. The zero-order valence-corrected chi connectivity index (χ0v) is 11.0. The first-order valence-corrected chi connectivity index (χ1v) is 7.02. The molecule has 17 heavy (non-hydrogen) atoms. The molecule has 1 aliphatic heterocycles. The number of fused-ring (bicyclic) bond motifs is 1. The maximum atomic E-state index is 6.12. The Labute approximate surface area is 105 Å². The Bertz CT molecular complexity index is 324. The van der Waals surface area contributed by atoms with Gasteiger partial charge in [-0.25, -0.2) is 0 Å². The fourth-order valence-electron chi connectivity index (χ4n) is 3.11. The normalized spacial score (nSPS) is 34.6. The highest BCUT2D eigenvalue weighted by atomic mass is 16.5. The molecule has 2 aliphatic rings. The second-order valence-electron chi connectivity index (χ2n) is 5.12. The summed E-state index contributed by atoms with van der Waals surface area (Å²) in [6.45, 7) is 5.90. The number of ether oxygens (including phenoxy) is 1. The summed E-state index contributed by atoms with van der Waals surface area (Å²) >= 11 is 0. The summed E-state index contributed by atoms with van der Waals surface area (Å²) in [7, 11) is 0. The van der Waals surface area contributed by atoms with Crippen molar-refractivity contribution in [3.8, 4) is 0 Å². The average molecular weight is 232 g/mol. The van der Waals surface area contributed by atoms with Crippen molar-refractivity contribution in [2.45, 2.75) is 58.0 Å². The van der Waals surface area contributed by atoms with Crippen molar-refractivity contribution in [2.24, 2.45) is 5.92 Å². The first-order valence-electron chi connectivity index (χ1n) is 7.02. The SMILES string of the molecule is C=CC=C1/C(=C\C)OC2CCCCCCCC12. The predicted octanol–water partition coefficient (Wildman–Crippen LogP) is 4.76. The van der Waals surface area contributed by atoms with E-state index in [1.807, 2.05) is 6.08 Å². The number of allylic oxidation sites excluding steroid dienone is 4.